The summed E-state index contributed by atoms with van der Waals surface area (Å²) in [5, 5.41) is 5.29. The van der Waals surface area contributed by atoms with Gasteiger partial charge in [-0.15, -0.1) is 11.3 Å². The minimum absolute atomic E-state index is 0.0306. The van der Waals surface area contributed by atoms with Crippen LogP contribution < -0.4 is 0 Å². The van der Waals surface area contributed by atoms with E-state index in [-0.39, 0.29) is 5.91 Å². The van der Waals surface area contributed by atoms with Crippen LogP contribution >= 0.6 is 11.3 Å². The molecule has 2 aromatic heterocycles. The lowest BCUT2D eigenvalue weighted by molar-refractivity contribution is 0.0790. The van der Waals surface area contributed by atoms with Gasteiger partial charge in [-0.2, -0.15) is 5.10 Å². The van der Waals surface area contributed by atoms with Crippen molar-refractivity contribution in [2.75, 3.05) is 7.05 Å². The third-order valence-electron chi connectivity index (χ3n) is 4.40. The summed E-state index contributed by atoms with van der Waals surface area (Å²) in [6.45, 7) is 2.41. The van der Waals surface area contributed by atoms with E-state index < -0.39 is 0 Å². The van der Waals surface area contributed by atoms with Gasteiger partial charge in [0.15, 0.2) is 0 Å². The van der Waals surface area contributed by atoms with E-state index in [4.69, 9.17) is 0 Å². The average Bonchev–Trinajstić information content (AvgIpc) is 3.35. The van der Waals surface area contributed by atoms with E-state index in [1.54, 1.807) is 11.1 Å². The molecule has 0 spiro atoms. The van der Waals surface area contributed by atoms with E-state index in [0.717, 1.165) is 27.5 Å². The third-order valence-corrected chi connectivity index (χ3v) is 5.36. The van der Waals surface area contributed by atoms with Crippen molar-refractivity contribution >= 4 is 17.2 Å². The molecular weight excluding hydrogens is 368 g/mol. The number of hydrogen-bond acceptors (Lipinski definition) is 4. The van der Waals surface area contributed by atoms with Crippen molar-refractivity contribution in [3.63, 3.8) is 0 Å². The summed E-state index contributed by atoms with van der Waals surface area (Å²) in [5.41, 5.74) is 3.68. The highest BCUT2D eigenvalue weighted by atomic mass is 32.1. The fourth-order valence-electron chi connectivity index (χ4n) is 3.05. The largest absolute Gasteiger partial charge is 0.336 e. The van der Waals surface area contributed by atoms with Crippen LogP contribution in [0.4, 0.5) is 0 Å². The van der Waals surface area contributed by atoms with Crippen LogP contribution in [0.25, 0.3) is 16.9 Å². The molecule has 4 aromatic rings. The van der Waals surface area contributed by atoms with E-state index in [1.807, 2.05) is 85.5 Å². The second-order valence-corrected chi connectivity index (χ2v) is 7.77. The van der Waals surface area contributed by atoms with Gasteiger partial charge in [-0.3, -0.25) is 4.79 Å². The molecule has 2 aromatic carbocycles. The molecule has 140 valence electrons. The highest BCUT2D eigenvalue weighted by Gasteiger charge is 2.21. The fraction of sp³-hybridized carbons (Fsp3) is 0.136. The summed E-state index contributed by atoms with van der Waals surface area (Å²) in [5.74, 6) is -0.0306. The molecule has 28 heavy (non-hydrogen) atoms. The van der Waals surface area contributed by atoms with E-state index in [2.05, 4.69) is 10.1 Å². The maximum atomic E-state index is 13.1. The molecule has 4 rings (SSSR count). The van der Waals surface area contributed by atoms with Crippen LogP contribution in [-0.4, -0.2) is 32.6 Å². The molecule has 6 heteroatoms. The lowest BCUT2D eigenvalue weighted by atomic mass is 10.1. The van der Waals surface area contributed by atoms with E-state index in [1.165, 1.54) is 11.3 Å². The van der Waals surface area contributed by atoms with Gasteiger partial charge in [0.1, 0.15) is 4.88 Å². The van der Waals surface area contributed by atoms with Gasteiger partial charge in [0.2, 0.25) is 0 Å². The maximum Gasteiger partial charge on any atom is 0.266 e. The molecule has 0 saturated heterocycles. The Morgan fingerprint density at radius 2 is 1.75 bits per heavy atom. The Balaban J connectivity index is 1.54. The van der Waals surface area contributed by atoms with Gasteiger partial charge in [-0.1, -0.05) is 48.5 Å². The van der Waals surface area contributed by atoms with Crippen molar-refractivity contribution in [1.29, 1.82) is 0 Å². The van der Waals surface area contributed by atoms with Gasteiger partial charge in [0.05, 0.1) is 22.6 Å². The van der Waals surface area contributed by atoms with Crippen LogP contribution in [0, 0.1) is 6.92 Å². The molecule has 0 aliphatic carbocycles. The first-order valence-electron chi connectivity index (χ1n) is 8.99. The number of benzene rings is 2. The zero-order valence-corrected chi connectivity index (χ0v) is 16.6. The summed E-state index contributed by atoms with van der Waals surface area (Å²) in [4.78, 5) is 20.1. The van der Waals surface area contributed by atoms with Gasteiger partial charge in [-0.05, 0) is 19.1 Å². The number of amides is 1. The smallest absolute Gasteiger partial charge is 0.266 e. The van der Waals surface area contributed by atoms with Gasteiger partial charge in [-0.25, -0.2) is 9.67 Å². The highest BCUT2D eigenvalue weighted by Crippen LogP contribution is 2.29. The fourth-order valence-corrected chi connectivity index (χ4v) is 3.98. The summed E-state index contributed by atoms with van der Waals surface area (Å²) >= 11 is 1.44. The number of carbonyl (C=O) groups excluding carboxylic acids is 1. The molecule has 0 unspecified atom stereocenters. The van der Waals surface area contributed by atoms with Crippen molar-refractivity contribution in [2.24, 2.45) is 0 Å². The molecule has 0 radical (unpaired) electrons. The van der Waals surface area contributed by atoms with Gasteiger partial charge < -0.3 is 4.90 Å². The maximum absolute atomic E-state index is 13.1. The van der Waals surface area contributed by atoms with Crippen molar-refractivity contribution in [2.45, 2.75) is 13.5 Å². The standard InChI is InChI=1S/C22H20N4OS/c1-16-24-20(18-9-5-3-6-10-18)21(28-16)22(27)25(2)14-17-13-23-26(15-17)19-11-7-4-8-12-19/h3-13,15H,14H2,1-2H3. The molecule has 0 atom stereocenters. The first-order valence-corrected chi connectivity index (χ1v) is 9.81. The lowest BCUT2D eigenvalue weighted by Crippen LogP contribution is -2.25. The number of para-hydroxylation sites is 1. The van der Waals surface area contributed by atoms with Crippen molar-refractivity contribution in [3.8, 4) is 16.9 Å². The first kappa shape index (κ1) is 18.1. The Morgan fingerprint density at radius 1 is 1.07 bits per heavy atom. The summed E-state index contributed by atoms with van der Waals surface area (Å²) < 4.78 is 1.82. The van der Waals surface area contributed by atoms with E-state index >= 15 is 0 Å². The van der Waals surface area contributed by atoms with E-state index in [0.29, 0.717) is 11.4 Å². The molecule has 0 fully saturated rings. The Bertz CT molecular complexity index is 1090. The minimum atomic E-state index is -0.0306. The molecule has 0 bridgehead atoms. The highest BCUT2D eigenvalue weighted by molar-refractivity contribution is 7.14. The molecule has 1 amide bonds. The number of rotatable bonds is 5. The first-order chi connectivity index (χ1) is 13.6. The predicted molar refractivity (Wildman–Crippen MR) is 112 cm³/mol. The number of aryl methyl sites for hydroxylation is 1. The zero-order valence-electron chi connectivity index (χ0n) is 15.7. The topological polar surface area (TPSA) is 51.0 Å². The molecule has 0 aliphatic heterocycles. The van der Waals surface area contributed by atoms with E-state index in [9.17, 15) is 4.79 Å². The average molecular weight is 388 g/mol. The number of carbonyl (C=O) groups is 1. The summed E-state index contributed by atoms with van der Waals surface area (Å²) in [6, 6.07) is 19.8. The molecular formula is C22H20N4OS. The second kappa shape index (κ2) is 7.78. The Kier molecular flexibility index (Phi) is 5.04. The second-order valence-electron chi connectivity index (χ2n) is 6.57. The molecule has 0 N–H and O–H groups in total. The SMILES string of the molecule is Cc1nc(-c2ccccc2)c(C(=O)N(C)Cc2cnn(-c3ccccc3)c2)s1. The van der Waals surface area contributed by atoms with Crippen molar-refractivity contribution in [1.82, 2.24) is 19.7 Å². The monoisotopic (exact) mass is 388 g/mol. The van der Waals surface area contributed by atoms with Gasteiger partial charge in [0, 0.05) is 30.9 Å². The third kappa shape index (κ3) is 3.73. The molecule has 0 saturated carbocycles. The Hall–Kier alpha value is -3.25. The van der Waals surface area contributed by atoms with Crippen LogP contribution in [0.15, 0.2) is 73.1 Å². The number of thiazole rings is 1. The van der Waals surface area contributed by atoms with Crippen LogP contribution in [0.1, 0.15) is 20.2 Å². The number of aromatic nitrogens is 3. The van der Waals surface area contributed by atoms with Crippen LogP contribution in [0.3, 0.4) is 0 Å². The van der Waals surface area contributed by atoms with Crippen LogP contribution in [-0.2, 0) is 6.54 Å². The summed E-state index contributed by atoms with van der Waals surface area (Å²) in [6.07, 6.45) is 3.75. The Morgan fingerprint density at radius 3 is 2.46 bits per heavy atom. The summed E-state index contributed by atoms with van der Waals surface area (Å²) in [7, 11) is 1.81. The van der Waals surface area contributed by atoms with Crippen LogP contribution in [0.2, 0.25) is 0 Å². The Labute approximate surface area is 167 Å². The lowest BCUT2D eigenvalue weighted by Gasteiger charge is -2.16. The van der Waals surface area contributed by atoms with Crippen molar-refractivity contribution < 1.29 is 4.79 Å². The predicted octanol–water partition coefficient (Wildman–Crippen LogP) is 4.58. The molecule has 2 heterocycles. The quantitative estimate of drug-likeness (QED) is 0.503. The van der Waals surface area contributed by atoms with Crippen LogP contribution in [0.5, 0.6) is 0 Å². The number of nitrogens with zero attached hydrogens (tertiary/aromatic N) is 4. The zero-order chi connectivity index (χ0) is 19.5. The van der Waals surface area contributed by atoms with Gasteiger partial charge in [0.25, 0.3) is 5.91 Å². The van der Waals surface area contributed by atoms with Gasteiger partial charge >= 0.3 is 0 Å². The molecule has 0 aliphatic rings. The normalized spacial score (nSPS) is 10.8. The number of hydrogen-bond donors (Lipinski definition) is 0. The minimum Gasteiger partial charge on any atom is -0.336 e. The molecule has 5 nitrogen and oxygen atoms in total. The van der Waals surface area contributed by atoms with Crippen molar-refractivity contribution in [3.05, 3.63) is 88.5 Å².